The van der Waals surface area contributed by atoms with E-state index in [1.165, 1.54) is 30.6 Å². The Morgan fingerprint density at radius 3 is 2.72 bits per heavy atom. The van der Waals surface area contributed by atoms with E-state index in [1.54, 1.807) is 17.5 Å². The first-order chi connectivity index (χ1) is 8.65. The number of carbonyl (C=O) groups excluding carboxylic acids is 2. The monoisotopic (exact) mass is 262 g/mol. The van der Waals surface area contributed by atoms with Gasteiger partial charge in [-0.3, -0.25) is 4.79 Å². The number of ether oxygens (including phenoxy) is 1. The fourth-order valence-electron chi connectivity index (χ4n) is 1.52. The molecule has 0 saturated heterocycles. The van der Waals surface area contributed by atoms with E-state index in [-0.39, 0.29) is 17.3 Å². The first-order valence-electron chi connectivity index (χ1n) is 5.11. The summed E-state index contributed by atoms with van der Waals surface area (Å²) in [6.45, 7) is 0. The minimum atomic E-state index is -0.389. The Labute approximate surface area is 107 Å². The van der Waals surface area contributed by atoms with Gasteiger partial charge in [-0.1, -0.05) is 6.07 Å². The van der Waals surface area contributed by atoms with Gasteiger partial charge in [-0.05, 0) is 34.7 Å². The van der Waals surface area contributed by atoms with Gasteiger partial charge in [-0.25, -0.2) is 4.79 Å². The van der Waals surface area contributed by atoms with Crippen LogP contribution in [0.3, 0.4) is 0 Å². The highest BCUT2D eigenvalue weighted by Crippen LogP contribution is 2.29. The summed E-state index contributed by atoms with van der Waals surface area (Å²) < 4.78 is 4.62. The molecule has 18 heavy (non-hydrogen) atoms. The summed E-state index contributed by atoms with van der Waals surface area (Å²) in [7, 11) is 1.33. The first kappa shape index (κ1) is 12.3. The molecule has 0 unspecified atom stereocenters. The summed E-state index contributed by atoms with van der Waals surface area (Å²) in [5.41, 5.74) is 1.78. The molecule has 0 atom stereocenters. The number of benzene rings is 1. The van der Waals surface area contributed by atoms with Crippen molar-refractivity contribution >= 4 is 23.6 Å². The third-order valence-electron chi connectivity index (χ3n) is 2.48. The standard InChI is InChI=1S/C13H10O4S/c1-17-13(16)12-5-10(7-18-12)8-2-3-9(6-14)11(15)4-8/h2-7,15H,1H3. The minimum absolute atomic E-state index is 0.0756. The predicted octanol–water partition coefficient (Wildman–Crippen LogP) is 2.72. The van der Waals surface area contributed by atoms with Gasteiger partial charge in [0, 0.05) is 0 Å². The number of esters is 1. The molecule has 1 aromatic heterocycles. The van der Waals surface area contributed by atoms with E-state index in [0.29, 0.717) is 11.2 Å². The van der Waals surface area contributed by atoms with Crippen molar-refractivity contribution in [1.82, 2.24) is 0 Å². The molecule has 2 aromatic rings. The van der Waals surface area contributed by atoms with Crippen molar-refractivity contribution < 1.29 is 19.4 Å². The Morgan fingerprint density at radius 1 is 1.33 bits per heavy atom. The second kappa shape index (κ2) is 5.01. The highest BCUT2D eigenvalue weighted by atomic mass is 32.1. The molecule has 5 heteroatoms. The molecule has 0 amide bonds. The zero-order chi connectivity index (χ0) is 13.1. The number of aromatic hydroxyl groups is 1. The Bertz CT molecular complexity index is 601. The van der Waals surface area contributed by atoms with Gasteiger partial charge < -0.3 is 9.84 Å². The van der Waals surface area contributed by atoms with Crippen LogP contribution in [0.2, 0.25) is 0 Å². The molecule has 0 aliphatic carbocycles. The number of hydrogen-bond acceptors (Lipinski definition) is 5. The summed E-state index contributed by atoms with van der Waals surface area (Å²) in [6, 6.07) is 6.43. The summed E-state index contributed by atoms with van der Waals surface area (Å²) >= 11 is 1.27. The van der Waals surface area contributed by atoms with E-state index in [0.717, 1.165) is 11.1 Å². The zero-order valence-corrected chi connectivity index (χ0v) is 10.4. The maximum absolute atomic E-state index is 11.3. The lowest BCUT2D eigenvalue weighted by molar-refractivity contribution is 0.0606. The second-order valence-electron chi connectivity index (χ2n) is 3.58. The molecule has 0 aliphatic rings. The fourth-order valence-corrected chi connectivity index (χ4v) is 2.35. The van der Waals surface area contributed by atoms with E-state index < -0.39 is 0 Å². The van der Waals surface area contributed by atoms with Gasteiger partial charge >= 0.3 is 5.97 Å². The SMILES string of the molecule is COC(=O)c1cc(-c2ccc(C=O)c(O)c2)cs1. The van der Waals surface area contributed by atoms with Crippen LogP contribution in [0, 0.1) is 0 Å². The van der Waals surface area contributed by atoms with Crippen LogP contribution < -0.4 is 0 Å². The van der Waals surface area contributed by atoms with Crippen LogP contribution >= 0.6 is 11.3 Å². The van der Waals surface area contributed by atoms with Crippen LogP contribution in [0.15, 0.2) is 29.6 Å². The number of rotatable bonds is 3. The molecule has 0 spiro atoms. The Kier molecular flexibility index (Phi) is 3.43. The number of thiophene rings is 1. The van der Waals surface area contributed by atoms with Crippen LogP contribution in [0.4, 0.5) is 0 Å². The normalized spacial score (nSPS) is 10.1. The van der Waals surface area contributed by atoms with Crippen molar-refractivity contribution in [3.8, 4) is 16.9 Å². The number of carbonyl (C=O) groups is 2. The molecular formula is C13H10O4S. The van der Waals surface area contributed by atoms with Crippen LogP contribution in [-0.2, 0) is 4.74 Å². The average Bonchev–Trinajstić information content (AvgIpc) is 2.87. The highest BCUT2D eigenvalue weighted by molar-refractivity contribution is 7.12. The molecular weight excluding hydrogens is 252 g/mol. The lowest BCUT2D eigenvalue weighted by atomic mass is 10.1. The van der Waals surface area contributed by atoms with Crippen LogP contribution in [0.5, 0.6) is 5.75 Å². The van der Waals surface area contributed by atoms with Crippen molar-refractivity contribution in [3.05, 3.63) is 40.1 Å². The Morgan fingerprint density at radius 2 is 2.11 bits per heavy atom. The summed E-state index contributed by atoms with van der Waals surface area (Å²) in [5.74, 6) is -0.465. The van der Waals surface area contributed by atoms with E-state index >= 15 is 0 Å². The topological polar surface area (TPSA) is 63.6 Å². The number of methoxy groups -OCH3 is 1. The third kappa shape index (κ3) is 2.26. The molecule has 0 radical (unpaired) electrons. The van der Waals surface area contributed by atoms with Crippen LogP contribution in [-0.4, -0.2) is 24.5 Å². The quantitative estimate of drug-likeness (QED) is 0.682. The molecule has 4 nitrogen and oxygen atoms in total. The van der Waals surface area contributed by atoms with Gasteiger partial charge in [0.2, 0.25) is 0 Å². The van der Waals surface area contributed by atoms with E-state index in [9.17, 15) is 14.7 Å². The minimum Gasteiger partial charge on any atom is -0.507 e. The van der Waals surface area contributed by atoms with Crippen LogP contribution in [0.1, 0.15) is 20.0 Å². The fraction of sp³-hybridized carbons (Fsp3) is 0.0769. The molecule has 92 valence electrons. The first-order valence-corrected chi connectivity index (χ1v) is 5.99. The van der Waals surface area contributed by atoms with Crippen molar-refractivity contribution in [2.24, 2.45) is 0 Å². The molecule has 2 rings (SSSR count). The predicted molar refractivity (Wildman–Crippen MR) is 68.1 cm³/mol. The number of phenols is 1. The molecule has 0 bridgehead atoms. The lowest BCUT2D eigenvalue weighted by Crippen LogP contribution is -1.96. The second-order valence-corrected chi connectivity index (χ2v) is 4.49. The molecule has 1 aromatic carbocycles. The molecule has 0 saturated carbocycles. The van der Waals surface area contributed by atoms with Gasteiger partial charge in [0.1, 0.15) is 10.6 Å². The maximum atomic E-state index is 11.3. The third-order valence-corrected chi connectivity index (χ3v) is 3.39. The molecule has 0 fully saturated rings. The number of hydrogen-bond donors (Lipinski definition) is 1. The number of aldehydes is 1. The highest BCUT2D eigenvalue weighted by Gasteiger charge is 2.11. The Hall–Kier alpha value is -2.14. The van der Waals surface area contributed by atoms with E-state index in [4.69, 9.17) is 0 Å². The van der Waals surface area contributed by atoms with E-state index in [2.05, 4.69) is 4.74 Å². The van der Waals surface area contributed by atoms with Crippen molar-refractivity contribution in [3.63, 3.8) is 0 Å². The van der Waals surface area contributed by atoms with Crippen molar-refractivity contribution in [2.75, 3.05) is 7.11 Å². The summed E-state index contributed by atoms with van der Waals surface area (Å²) in [5, 5.41) is 11.4. The molecule has 1 heterocycles. The lowest BCUT2D eigenvalue weighted by Gasteiger charge is -2.01. The van der Waals surface area contributed by atoms with E-state index in [1.807, 2.05) is 0 Å². The van der Waals surface area contributed by atoms with Gasteiger partial charge in [0.05, 0.1) is 12.7 Å². The van der Waals surface area contributed by atoms with Gasteiger partial charge in [-0.2, -0.15) is 0 Å². The maximum Gasteiger partial charge on any atom is 0.348 e. The van der Waals surface area contributed by atoms with Crippen LogP contribution in [0.25, 0.3) is 11.1 Å². The van der Waals surface area contributed by atoms with Gasteiger partial charge in [-0.15, -0.1) is 11.3 Å². The largest absolute Gasteiger partial charge is 0.507 e. The Balaban J connectivity index is 2.37. The summed E-state index contributed by atoms with van der Waals surface area (Å²) in [6.07, 6.45) is 0.590. The molecule has 1 N–H and O–H groups in total. The smallest absolute Gasteiger partial charge is 0.348 e. The zero-order valence-electron chi connectivity index (χ0n) is 9.54. The average molecular weight is 262 g/mol. The summed E-state index contributed by atoms with van der Waals surface area (Å²) in [4.78, 5) is 22.4. The van der Waals surface area contributed by atoms with Gasteiger partial charge in [0.25, 0.3) is 0 Å². The van der Waals surface area contributed by atoms with Crippen molar-refractivity contribution in [1.29, 1.82) is 0 Å². The number of phenolic OH excluding ortho intramolecular Hbond substituents is 1. The van der Waals surface area contributed by atoms with Crippen molar-refractivity contribution in [2.45, 2.75) is 0 Å². The molecule has 0 aliphatic heterocycles. The van der Waals surface area contributed by atoms with Gasteiger partial charge in [0.15, 0.2) is 6.29 Å².